The topological polar surface area (TPSA) is 0 Å². The van der Waals surface area contributed by atoms with E-state index < -0.39 is 0 Å². The van der Waals surface area contributed by atoms with Crippen LogP contribution in [0, 0.1) is 13.8 Å². The summed E-state index contributed by atoms with van der Waals surface area (Å²) < 4.78 is 0. The fraction of sp³-hybridized carbons (Fsp3) is 0.182. The van der Waals surface area contributed by atoms with E-state index in [1.165, 1.54) is 20.9 Å². The van der Waals surface area contributed by atoms with Gasteiger partial charge in [0.2, 0.25) is 4.88 Å². The molecule has 0 saturated heterocycles. The van der Waals surface area contributed by atoms with Gasteiger partial charge in [0.1, 0.15) is 0 Å². The molecule has 66 valence electrons. The highest BCUT2D eigenvalue weighted by Crippen LogP contribution is 2.35. The Morgan fingerprint density at radius 2 is 1.77 bits per heavy atom. The van der Waals surface area contributed by atoms with Crippen molar-refractivity contribution >= 4 is 20.7 Å². The summed E-state index contributed by atoms with van der Waals surface area (Å²) >= 11 is 0. The van der Waals surface area contributed by atoms with Gasteiger partial charge in [-0.05, 0) is 12.5 Å². The monoisotopic (exact) mass is 207 g/mol. The molecule has 0 aliphatic heterocycles. The molecule has 0 aliphatic rings. The smallest absolute Gasteiger partial charge is 0.0622 e. The van der Waals surface area contributed by atoms with E-state index in [9.17, 15) is 0 Å². The van der Waals surface area contributed by atoms with Gasteiger partial charge in [-0.15, -0.1) is 0 Å². The molecular weight excluding hydrogens is 196 g/mol. The van der Waals surface area contributed by atoms with E-state index in [0.29, 0.717) is 0 Å². The standard InChI is InChI=1S/C11H11S2/c1-8-11(9(2)13-12-8)10-6-4-3-5-7-10/h3-7H,1-2H3/q+1. The van der Waals surface area contributed by atoms with Gasteiger partial charge in [0.25, 0.3) is 10.3 Å². The Labute approximate surface area is 85.9 Å². The van der Waals surface area contributed by atoms with Crippen LogP contribution in [-0.2, 0) is 0 Å². The van der Waals surface area contributed by atoms with Gasteiger partial charge in [-0.3, -0.25) is 0 Å². The summed E-state index contributed by atoms with van der Waals surface area (Å²) in [6.45, 7) is 4.38. The van der Waals surface area contributed by atoms with Gasteiger partial charge in [-0.2, -0.15) is 0 Å². The van der Waals surface area contributed by atoms with E-state index in [0.717, 1.165) is 0 Å². The van der Waals surface area contributed by atoms with Gasteiger partial charge in [-0.1, -0.05) is 30.3 Å². The zero-order valence-electron chi connectivity index (χ0n) is 7.70. The summed E-state index contributed by atoms with van der Waals surface area (Å²) in [5, 5.41) is 0. The quantitative estimate of drug-likeness (QED) is 0.481. The van der Waals surface area contributed by atoms with Crippen LogP contribution in [-0.4, -0.2) is 0 Å². The Kier molecular flexibility index (Phi) is 2.42. The molecule has 0 unspecified atom stereocenters. The second-order valence-corrected chi connectivity index (χ2v) is 5.58. The van der Waals surface area contributed by atoms with E-state index in [1.54, 1.807) is 0 Å². The van der Waals surface area contributed by atoms with Crippen molar-refractivity contribution in [3.8, 4) is 11.1 Å². The highest BCUT2D eigenvalue weighted by molar-refractivity contribution is 7.69. The summed E-state index contributed by atoms with van der Waals surface area (Å²) in [5.41, 5.74) is 2.77. The van der Waals surface area contributed by atoms with Crippen LogP contribution in [0.15, 0.2) is 30.3 Å². The second-order valence-electron chi connectivity index (χ2n) is 3.02. The van der Waals surface area contributed by atoms with Gasteiger partial charge in [-0.25, -0.2) is 0 Å². The maximum Gasteiger partial charge on any atom is 0.295 e. The van der Waals surface area contributed by atoms with Crippen LogP contribution in [0.5, 0.6) is 0 Å². The van der Waals surface area contributed by atoms with Crippen molar-refractivity contribution in [2.24, 2.45) is 0 Å². The molecule has 0 bridgehead atoms. The second kappa shape index (κ2) is 3.56. The van der Waals surface area contributed by atoms with Crippen molar-refractivity contribution in [3.05, 3.63) is 40.1 Å². The summed E-state index contributed by atoms with van der Waals surface area (Å²) in [7, 11) is 3.74. The average molecular weight is 207 g/mol. The summed E-state index contributed by atoms with van der Waals surface area (Å²) in [5.74, 6) is 0. The molecule has 0 atom stereocenters. The van der Waals surface area contributed by atoms with Crippen molar-refractivity contribution in [1.82, 2.24) is 0 Å². The van der Waals surface area contributed by atoms with E-state index >= 15 is 0 Å². The van der Waals surface area contributed by atoms with Crippen LogP contribution < -0.4 is 0 Å². The Balaban J connectivity index is 2.59. The number of rotatable bonds is 1. The molecule has 0 fully saturated rings. The molecule has 1 aromatic heterocycles. The first kappa shape index (κ1) is 8.85. The highest BCUT2D eigenvalue weighted by Gasteiger charge is 2.17. The van der Waals surface area contributed by atoms with Crippen molar-refractivity contribution in [1.29, 1.82) is 0 Å². The molecule has 0 N–H and O–H groups in total. The Hall–Kier alpha value is -0.730. The molecule has 0 radical (unpaired) electrons. The number of benzene rings is 1. The van der Waals surface area contributed by atoms with Gasteiger partial charge < -0.3 is 0 Å². The molecule has 2 heteroatoms. The highest BCUT2D eigenvalue weighted by atomic mass is 32.9. The molecule has 2 aromatic rings. The molecule has 1 aromatic carbocycles. The fourth-order valence-corrected chi connectivity index (χ4v) is 3.74. The lowest BCUT2D eigenvalue weighted by Crippen LogP contribution is -1.78. The molecule has 0 spiro atoms. The lowest BCUT2D eigenvalue weighted by molar-refractivity contribution is 1.52. The zero-order chi connectivity index (χ0) is 9.26. The maximum atomic E-state index is 2.19. The maximum absolute atomic E-state index is 2.19. The van der Waals surface area contributed by atoms with Crippen LogP contribution in [0.2, 0.25) is 0 Å². The van der Waals surface area contributed by atoms with E-state index in [1.807, 2.05) is 20.7 Å². The SMILES string of the molecule is Cc1s[s+]c(C)c1-c1ccccc1. The third-order valence-electron chi connectivity index (χ3n) is 2.06. The van der Waals surface area contributed by atoms with E-state index in [-0.39, 0.29) is 0 Å². The van der Waals surface area contributed by atoms with Crippen LogP contribution in [0.4, 0.5) is 0 Å². The van der Waals surface area contributed by atoms with Crippen LogP contribution in [0.25, 0.3) is 11.1 Å². The molecule has 2 rings (SSSR count). The van der Waals surface area contributed by atoms with Crippen LogP contribution in [0.3, 0.4) is 0 Å². The van der Waals surface area contributed by atoms with Crippen LogP contribution in [0.1, 0.15) is 9.75 Å². The van der Waals surface area contributed by atoms with Gasteiger partial charge >= 0.3 is 0 Å². The Morgan fingerprint density at radius 1 is 1.08 bits per heavy atom. The Morgan fingerprint density at radius 3 is 2.31 bits per heavy atom. The fourth-order valence-electron chi connectivity index (χ4n) is 1.47. The third kappa shape index (κ3) is 1.64. The summed E-state index contributed by atoms with van der Waals surface area (Å²) in [4.78, 5) is 2.85. The molecule has 1 heterocycles. The lowest BCUT2D eigenvalue weighted by atomic mass is 10.1. The number of aryl methyl sites for hydroxylation is 2. The minimum Gasteiger partial charge on any atom is -0.0622 e. The molecule has 0 aliphatic carbocycles. The van der Waals surface area contributed by atoms with Crippen molar-refractivity contribution < 1.29 is 0 Å². The molecule has 13 heavy (non-hydrogen) atoms. The van der Waals surface area contributed by atoms with E-state index in [4.69, 9.17) is 0 Å². The first-order valence-corrected chi connectivity index (χ1v) is 6.39. The Bertz CT molecular complexity index is 382. The summed E-state index contributed by atoms with van der Waals surface area (Å²) in [6.07, 6.45) is 0. The largest absolute Gasteiger partial charge is 0.295 e. The first-order chi connectivity index (χ1) is 6.29. The minimum atomic E-state index is 1.34. The zero-order valence-corrected chi connectivity index (χ0v) is 9.34. The van der Waals surface area contributed by atoms with E-state index in [2.05, 4.69) is 44.2 Å². The molecule has 0 nitrogen and oxygen atoms in total. The third-order valence-corrected chi connectivity index (χ3v) is 4.80. The lowest BCUT2D eigenvalue weighted by Gasteiger charge is -1.96. The first-order valence-electron chi connectivity index (χ1n) is 4.24. The predicted molar refractivity (Wildman–Crippen MR) is 61.5 cm³/mol. The van der Waals surface area contributed by atoms with Gasteiger partial charge in [0, 0.05) is 6.92 Å². The molecular formula is C11H11S2+. The van der Waals surface area contributed by atoms with Crippen molar-refractivity contribution in [3.63, 3.8) is 0 Å². The molecule has 0 amide bonds. The van der Waals surface area contributed by atoms with Crippen molar-refractivity contribution in [2.45, 2.75) is 13.8 Å². The van der Waals surface area contributed by atoms with Gasteiger partial charge in [0.15, 0.2) is 10.3 Å². The minimum absolute atomic E-state index is 1.34. The average Bonchev–Trinajstić information content (AvgIpc) is 2.48. The summed E-state index contributed by atoms with van der Waals surface area (Å²) in [6, 6.07) is 10.6. The number of hydrogen-bond acceptors (Lipinski definition) is 1. The van der Waals surface area contributed by atoms with Gasteiger partial charge in [0.05, 0.1) is 10.4 Å². The van der Waals surface area contributed by atoms with Crippen molar-refractivity contribution in [2.75, 3.05) is 0 Å². The van der Waals surface area contributed by atoms with Crippen LogP contribution >= 0.6 is 20.7 Å². The predicted octanol–water partition coefficient (Wildman–Crippen LogP) is 4.37. The normalized spacial score (nSPS) is 10.3. The molecule has 0 saturated carbocycles. The number of hydrogen-bond donors (Lipinski definition) is 0.